The second kappa shape index (κ2) is 9.31. The molecular formula is C22H21N3O5S. The van der Waals surface area contributed by atoms with Gasteiger partial charge in [0.1, 0.15) is 5.75 Å². The standard InChI is InChI=1S/C22H21N3O5S/c1-15-8-3-4-11-18(15)22(27)24-23-21(26)16-9-7-10-17(14-16)31(28,29)25-19-12-5-6-13-20(19)30-2/h3-14,25H,1-2H3,(H,23,26)(H,24,27). The number of nitrogens with one attached hydrogen (secondary N) is 3. The van der Waals surface area contributed by atoms with Gasteiger partial charge in [0.05, 0.1) is 17.7 Å². The molecule has 9 heteroatoms. The summed E-state index contributed by atoms with van der Waals surface area (Å²) in [5, 5.41) is 0. The van der Waals surface area contributed by atoms with Gasteiger partial charge in [0.15, 0.2) is 0 Å². The summed E-state index contributed by atoms with van der Waals surface area (Å²) in [4.78, 5) is 24.6. The third-order valence-corrected chi connectivity index (χ3v) is 5.80. The van der Waals surface area contributed by atoms with E-state index in [2.05, 4.69) is 15.6 Å². The molecule has 3 N–H and O–H groups in total. The van der Waals surface area contributed by atoms with E-state index in [4.69, 9.17) is 4.74 Å². The highest BCUT2D eigenvalue weighted by Gasteiger charge is 2.18. The molecule has 160 valence electrons. The molecule has 0 aliphatic heterocycles. The first kappa shape index (κ1) is 21.8. The van der Waals surface area contributed by atoms with Crippen LogP contribution in [0.5, 0.6) is 5.75 Å². The van der Waals surface area contributed by atoms with Gasteiger partial charge in [-0.25, -0.2) is 8.42 Å². The lowest BCUT2D eigenvalue weighted by Crippen LogP contribution is -2.41. The molecular weight excluding hydrogens is 418 g/mol. The lowest BCUT2D eigenvalue weighted by molar-refractivity contribution is 0.0846. The van der Waals surface area contributed by atoms with E-state index in [9.17, 15) is 18.0 Å². The second-order valence-electron chi connectivity index (χ2n) is 6.56. The highest BCUT2D eigenvalue weighted by atomic mass is 32.2. The number of rotatable bonds is 6. The van der Waals surface area contributed by atoms with Crippen molar-refractivity contribution in [2.24, 2.45) is 0 Å². The van der Waals surface area contributed by atoms with Gasteiger partial charge in [-0.3, -0.25) is 25.2 Å². The number of benzene rings is 3. The van der Waals surface area contributed by atoms with Crippen LogP contribution in [0.25, 0.3) is 0 Å². The first-order valence-electron chi connectivity index (χ1n) is 9.24. The smallest absolute Gasteiger partial charge is 0.269 e. The number of hydrazine groups is 1. The zero-order valence-electron chi connectivity index (χ0n) is 16.9. The molecule has 0 spiro atoms. The average molecular weight is 439 g/mol. The Morgan fingerprint density at radius 3 is 2.26 bits per heavy atom. The molecule has 3 rings (SSSR count). The number of hydrogen-bond acceptors (Lipinski definition) is 5. The predicted molar refractivity (Wildman–Crippen MR) is 116 cm³/mol. The van der Waals surface area contributed by atoms with E-state index in [1.165, 1.54) is 31.4 Å². The summed E-state index contributed by atoms with van der Waals surface area (Å²) in [5.74, 6) is -0.775. The van der Waals surface area contributed by atoms with Crippen molar-refractivity contribution in [1.82, 2.24) is 10.9 Å². The fourth-order valence-electron chi connectivity index (χ4n) is 2.82. The molecule has 0 unspecified atom stereocenters. The zero-order valence-corrected chi connectivity index (χ0v) is 17.7. The SMILES string of the molecule is COc1ccccc1NS(=O)(=O)c1cccc(C(=O)NNC(=O)c2ccccc2C)c1. The van der Waals surface area contributed by atoms with E-state index in [1.807, 2.05) is 0 Å². The summed E-state index contributed by atoms with van der Waals surface area (Å²) in [6.07, 6.45) is 0. The Morgan fingerprint density at radius 2 is 1.52 bits per heavy atom. The number of para-hydroxylation sites is 2. The molecule has 0 aliphatic rings. The Hall–Kier alpha value is -3.85. The van der Waals surface area contributed by atoms with Crippen molar-refractivity contribution in [3.8, 4) is 5.75 Å². The molecule has 0 aliphatic carbocycles. The molecule has 0 atom stereocenters. The molecule has 0 saturated heterocycles. The second-order valence-corrected chi connectivity index (χ2v) is 8.24. The number of anilines is 1. The lowest BCUT2D eigenvalue weighted by Gasteiger charge is -2.13. The molecule has 31 heavy (non-hydrogen) atoms. The monoisotopic (exact) mass is 439 g/mol. The topological polar surface area (TPSA) is 114 Å². The van der Waals surface area contributed by atoms with Gasteiger partial charge in [0.25, 0.3) is 21.8 Å². The van der Waals surface area contributed by atoms with E-state index in [0.717, 1.165) is 5.56 Å². The summed E-state index contributed by atoms with van der Waals surface area (Å²) in [7, 11) is -2.55. The Balaban J connectivity index is 1.74. The number of hydrogen-bond donors (Lipinski definition) is 3. The Morgan fingerprint density at radius 1 is 0.839 bits per heavy atom. The average Bonchev–Trinajstić information content (AvgIpc) is 2.77. The Bertz CT molecular complexity index is 1230. The van der Waals surface area contributed by atoms with Crippen LogP contribution in [0.15, 0.2) is 77.7 Å². The van der Waals surface area contributed by atoms with Crippen LogP contribution in [0.2, 0.25) is 0 Å². The highest BCUT2D eigenvalue weighted by Crippen LogP contribution is 2.26. The molecule has 0 fully saturated rings. The van der Waals surface area contributed by atoms with Crippen LogP contribution >= 0.6 is 0 Å². The van der Waals surface area contributed by atoms with Crippen LogP contribution in [0.1, 0.15) is 26.3 Å². The van der Waals surface area contributed by atoms with Crippen LogP contribution in [-0.4, -0.2) is 27.3 Å². The van der Waals surface area contributed by atoms with Crippen LogP contribution in [-0.2, 0) is 10.0 Å². The van der Waals surface area contributed by atoms with Crippen LogP contribution < -0.4 is 20.3 Å². The minimum Gasteiger partial charge on any atom is -0.495 e. The van der Waals surface area contributed by atoms with E-state index in [1.54, 1.807) is 55.5 Å². The van der Waals surface area contributed by atoms with Crippen molar-refractivity contribution in [2.75, 3.05) is 11.8 Å². The van der Waals surface area contributed by atoms with Crippen molar-refractivity contribution in [3.05, 3.63) is 89.5 Å². The maximum absolute atomic E-state index is 12.8. The van der Waals surface area contributed by atoms with Crippen LogP contribution in [0.3, 0.4) is 0 Å². The van der Waals surface area contributed by atoms with Crippen molar-refractivity contribution in [3.63, 3.8) is 0 Å². The molecule has 8 nitrogen and oxygen atoms in total. The molecule has 0 bridgehead atoms. The number of ether oxygens (including phenoxy) is 1. The minimum atomic E-state index is -3.98. The zero-order chi connectivity index (χ0) is 22.4. The van der Waals surface area contributed by atoms with E-state index < -0.39 is 21.8 Å². The molecule has 0 saturated carbocycles. The van der Waals surface area contributed by atoms with Gasteiger partial charge in [-0.15, -0.1) is 0 Å². The Labute approximate surface area is 180 Å². The van der Waals surface area contributed by atoms with Gasteiger partial charge in [-0.05, 0) is 48.9 Å². The number of carbonyl (C=O) groups is 2. The molecule has 0 aromatic heterocycles. The van der Waals surface area contributed by atoms with Crippen LogP contribution in [0.4, 0.5) is 5.69 Å². The molecule has 3 aromatic carbocycles. The molecule has 3 aromatic rings. The maximum Gasteiger partial charge on any atom is 0.269 e. The summed E-state index contributed by atoms with van der Waals surface area (Å²) in [6.45, 7) is 1.78. The fourth-order valence-corrected chi connectivity index (χ4v) is 3.93. The number of aryl methyl sites for hydroxylation is 1. The maximum atomic E-state index is 12.8. The summed E-state index contributed by atoms with van der Waals surface area (Å²) < 4.78 is 33.1. The minimum absolute atomic E-state index is 0.0629. The predicted octanol–water partition coefficient (Wildman–Crippen LogP) is 2.88. The van der Waals surface area contributed by atoms with Gasteiger partial charge >= 0.3 is 0 Å². The first-order chi connectivity index (χ1) is 14.8. The van der Waals surface area contributed by atoms with Crippen molar-refractivity contribution >= 4 is 27.5 Å². The molecule has 0 radical (unpaired) electrons. The number of amides is 2. The van der Waals surface area contributed by atoms with Gasteiger partial charge < -0.3 is 4.74 Å². The van der Waals surface area contributed by atoms with E-state index in [0.29, 0.717) is 11.3 Å². The number of carbonyl (C=O) groups excluding carboxylic acids is 2. The molecule has 0 heterocycles. The van der Waals surface area contributed by atoms with Crippen molar-refractivity contribution in [2.45, 2.75) is 11.8 Å². The lowest BCUT2D eigenvalue weighted by atomic mass is 10.1. The summed E-state index contributed by atoms with van der Waals surface area (Å²) in [6, 6.07) is 19.0. The first-order valence-corrected chi connectivity index (χ1v) is 10.7. The summed E-state index contributed by atoms with van der Waals surface area (Å²) in [5.41, 5.74) is 6.13. The van der Waals surface area contributed by atoms with Gasteiger partial charge in [0.2, 0.25) is 0 Å². The van der Waals surface area contributed by atoms with Crippen molar-refractivity contribution in [1.29, 1.82) is 0 Å². The largest absolute Gasteiger partial charge is 0.495 e. The summed E-state index contributed by atoms with van der Waals surface area (Å²) >= 11 is 0. The van der Waals surface area contributed by atoms with Crippen LogP contribution in [0, 0.1) is 6.92 Å². The number of methoxy groups -OCH3 is 1. The van der Waals surface area contributed by atoms with E-state index in [-0.39, 0.29) is 16.1 Å². The quantitative estimate of drug-likeness (QED) is 0.511. The van der Waals surface area contributed by atoms with Gasteiger partial charge in [0, 0.05) is 11.1 Å². The van der Waals surface area contributed by atoms with Gasteiger partial charge in [-0.1, -0.05) is 36.4 Å². The fraction of sp³-hybridized carbons (Fsp3) is 0.0909. The molecule has 2 amide bonds. The third kappa shape index (κ3) is 5.20. The van der Waals surface area contributed by atoms with Crippen molar-refractivity contribution < 1.29 is 22.7 Å². The Kier molecular flexibility index (Phi) is 6.56. The highest BCUT2D eigenvalue weighted by molar-refractivity contribution is 7.92. The number of sulfonamides is 1. The van der Waals surface area contributed by atoms with E-state index >= 15 is 0 Å². The third-order valence-electron chi connectivity index (χ3n) is 4.44. The van der Waals surface area contributed by atoms with Gasteiger partial charge in [-0.2, -0.15) is 0 Å². The normalized spacial score (nSPS) is 10.8.